The molecule has 3 nitrogen and oxygen atoms in total. The van der Waals surface area contributed by atoms with Crippen LogP contribution in [0.3, 0.4) is 0 Å². The van der Waals surface area contributed by atoms with Crippen LogP contribution in [0.25, 0.3) is 0 Å². The van der Waals surface area contributed by atoms with E-state index in [1.165, 1.54) is 19.4 Å². The Balaban J connectivity index is 1.97. The molecule has 0 amide bonds. The van der Waals surface area contributed by atoms with E-state index in [-0.39, 0.29) is 0 Å². The lowest BCUT2D eigenvalue weighted by Gasteiger charge is -2.19. The van der Waals surface area contributed by atoms with Crippen molar-refractivity contribution in [3.63, 3.8) is 0 Å². The SMILES string of the molecule is CNC(CC1CCCN1)c1ccccn1. The number of nitrogens with one attached hydrogen (secondary N) is 2. The first-order chi connectivity index (χ1) is 7.40. The number of rotatable bonds is 4. The van der Waals surface area contributed by atoms with Crippen LogP contribution in [-0.4, -0.2) is 24.6 Å². The Kier molecular flexibility index (Phi) is 3.69. The highest BCUT2D eigenvalue weighted by molar-refractivity contribution is 5.09. The highest BCUT2D eigenvalue weighted by atomic mass is 15.0. The van der Waals surface area contributed by atoms with Crippen molar-refractivity contribution in [2.45, 2.75) is 31.3 Å². The predicted octanol–water partition coefficient (Wildman–Crippen LogP) is 1.48. The lowest BCUT2D eigenvalue weighted by molar-refractivity contribution is 0.446. The third-order valence-electron chi connectivity index (χ3n) is 3.08. The van der Waals surface area contributed by atoms with Crippen LogP contribution in [0.1, 0.15) is 31.0 Å². The molecule has 2 heterocycles. The van der Waals surface area contributed by atoms with Crippen molar-refractivity contribution < 1.29 is 0 Å². The van der Waals surface area contributed by atoms with E-state index in [2.05, 4.69) is 27.8 Å². The van der Waals surface area contributed by atoms with Gasteiger partial charge in [-0.2, -0.15) is 0 Å². The van der Waals surface area contributed by atoms with Crippen LogP contribution in [0.2, 0.25) is 0 Å². The highest BCUT2D eigenvalue weighted by Crippen LogP contribution is 2.19. The molecule has 0 aromatic carbocycles. The molecule has 2 rings (SSSR count). The standard InChI is InChI=1S/C12H19N3/c1-13-12(9-10-5-4-8-14-10)11-6-2-3-7-15-11/h2-3,6-7,10,12-14H,4-5,8-9H2,1H3. The lowest BCUT2D eigenvalue weighted by Crippen LogP contribution is -2.29. The molecule has 1 saturated heterocycles. The number of aromatic nitrogens is 1. The Hall–Kier alpha value is -0.930. The smallest absolute Gasteiger partial charge is 0.0573 e. The van der Waals surface area contributed by atoms with Crippen LogP contribution < -0.4 is 10.6 Å². The minimum atomic E-state index is 0.377. The summed E-state index contributed by atoms with van der Waals surface area (Å²) >= 11 is 0. The van der Waals surface area contributed by atoms with Crippen LogP contribution in [0.5, 0.6) is 0 Å². The summed E-state index contributed by atoms with van der Waals surface area (Å²) in [7, 11) is 2.01. The number of hydrogen-bond donors (Lipinski definition) is 2. The summed E-state index contributed by atoms with van der Waals surface area (Å²) in [4.78, 5) is 4.40. The monoisotopic (exact) mass is 205 g/mol. The topological polar surface area (TPSA) is 37.0 Å². The third-order valence-corrected chi connectivity index (χ3v) is 3.08. The molecule has 0 spiro atoms. The van der Waals surface area contributed by atoms with E-state index in [0.29, 0.717) is 12.1 Å². The maximum Gasteiger partial charge on any atom is 0.0573 e. The molecule has 1 aromatic rings. The largest absolute Gasteiger partial charge is 0.314 e. The van der Waals surface area contributed by atoms with E-state index in [0.717, 1.165) is 12.1 Å². The first-order valence-electron chi connectivity index (χ1n) is 5.71. The molecule has 82 valence electrons. The second-order valence-corrected chi connectivity index (χ2v) is 4.12. The minimum Gasteiger partial charge on any atom is -0.314 e. The van der Waals surface area contributed by atoms with Gasteiger partial charge in [0.25, 0.3) is 0 Å². The fourth-order valence-corrected chi connectivity index (χ4v) is 2.21. The summed E-state index contributed by atoms with van der Waals surface area (Å²) in [5, 5.41) is 6.87. The van der Waals surface area contributed by atoms with Crippen LogP contribution in [0.4, 0.5) is 0 Å². The zero-order valence-electron chi connectivity index (χ0n) is 9.24. The summed E-state index contributed by atoms with van der Waals surface area (Å²) in [6.45, 7) is 1.17. The van der Waals surface area contributed by atoms with Gasteiger partial charge in [0.2, 0.25) is 0 Å². The lowest BCUT2D eigenvalue weighted by atomic mass is 10.0. The normalized spacial score (nSPS) is 22.9. The average molecular weight is 205 g/mol. The van der Waals surface area contributed by atoms with Crippen LogP contribution in [0.15, 0.2) is 24.4 Å². The Bertz CT molecular complexity index is 280. The molecular weight excluding hydrogens is 186 g/mol. The summed E-state index contributed by atoms with van der Waals surface area (Å²) in [6.07, 6.45) is 5.60. The number of pyridine rings is 1. The van der Waals surface area contributed by atoms with Crippen molar-refractivity contribution in [2.75, 3.05) is 13.6 Å². The van der Waals surface area contributed by atoms with Crippen LogP contribution in [-0.2, 0) is 0 Å². The molecule has 15 heavy (non-hydrogen) atoms. The van der Waals surface area contributed by atoms with Crippen molar-refractivity contribution in [3.8, 4) is 0 Å². The minimum absolute atomic E-state index is 0.377. The van der Waals surface area contributed by atoms with E-state index in [1.54, 1.807) is 0 Å². The van der Waals surface area contributed by atoms with Crippen molar-refractivity contribution >= 4 is 0 Å². The van der Waals surface area contributed by atoms with Gasteiger partial charge < -0.3 is 10.6 Å². The molecule has 2 atom stereocenters. The Morgan fingerprint density at radius 1 is 1.60 bits per heavy atom. The molecule has 0 saturated carbocycles. The molecule has 0 bridgehead atoms. The summed E-state index contributed by atoms with van der Waals surface area (Å²) < 4.78 is 0. The quantitative estimate of drug-likeness (QED) is 0.782. The van der Waals surface area contributed by atoms with E-state index < -0.39 is 0 Å². The van der Waals surface area contributed by atoms with Crippen molar-refractivity contribution in [1.29, 1.82) is 0 Å². The molecule has 0 radical (unpaired) electrons. The molecule has 1 aromatic heterocycles. The first-order valence-corrected chi connectivity index (χ1v) is 5.71. The molecule has 1 fully saturated rings. The highest BCUT2D eigenvalue weighted by Gasteiger charge is 2.20. The Morgan fingerprint density at radius 3 is 3.13 bits per heavy atom. The fraction of sp³-hybridized carbons (Fsp3) is 0.583. The van der Waals surface area contributed by atoms with E-state index >= 15 is 0 Å². The molecule has 2 unspecified atom stereocenters. The van der Waals surface area contributed by atoms with Gasteiger partial charge in [0.1, 0.15) is 0 Å². The van der Waals surface area contributed by atoms with Gasteiger partial charge in [-0.3, -0.25) is 4.98 Å². The van der Waals surface area contributed by atoms with Gasteiger partial charge in [-0.1, -0.05) is 6.07 Å². The molecule has 3 heteroatoms. The van der Waals surface area contributed by atoms with Crippen molar-refractivity contribution in [1.82, 2.24) is 15.6 Å². The maximum absolute atomic E-state index is 4.40. The zero-order valence-corrected chi connectivity index (χ0v) is 9.24. The zero-order chi connectivity index (χ0) is 10.5. The third kappa shape index (κ3) is 2.76. The Morgan fingerprint density at radius 2 is 2.53 bits per heavy atom. The van der Waals surface area contributed by atoms with Gasteiger partial charge in [0, 0.05) is 12.2 Å². The van der Waals surface area contributed by atoms with Gasteiger partial charge in [0.15, 0.2) is 0 Å². The number of hydrogen-bond acceptors (Lipinski definition) is 3. The second kappa shape index (κ2) is 5.24. The molecule has 1 aliphatic rings. The molecular formula is C12H19N3. The van der Waals surface area contributed by atoms with Crippen molar-refractivity contribution in [3.05, 3.63) is 30.1 Å². The second-order valence-electron chi connectivity index (χ2n) is 4.12. The van der Waals surface area contributed by atoms with Crippen LogP contribution >= 0.6 is 0 Å². The molecule has 1 aliphatic heterocycles. The predicted molar refractivity (Wildman–Crippen MR) is 61.7 cm³/mol. The van der Waals surface area contributed by atoms with Gasteiger partial charge in [-0.25, -0.2) is 0 Å². The van der Waals surface area contributed by atoms with E-state index in [4.69, 9.17) is 0 Å². The summed E-state index contributed by atoms with van der Waals surface area (Å²) in [6, 6.07) is 7.14. The molecule has 0 aliphatic carbocycles. The van der Waals surface area contributed by atoms with E-state index in [1.807, 2.05) is 19.3 Å². The summed E-state index contributed by atoms with van der Waals surface area (Å²) in [5.74, 6) is 0. The van der Waals surface area contributed by atoms with Crippen LogP contribution in [0, 0.1) is 0 Å². The van der Waals surface area contributed by atoms with E-state index in [9.17, 15) is 0 Å². The average Bonchev–Trinajstić information content (AvgIpc) is 2.80. The van der Waals surface area contributed by atoms with Gasteiger partial charge in [-0.05, 0) is 45.0 Å². The fourth-order valence-electron chi connectivity index (χ4n) is 2.21. The number of nitrogens with zero attached hydrogens (tertiary/aromatic N) is 1. The molecule has 2 N–H and O–H groups in total. The van der Waals surface area contributed by atoms with Gasteiger partial charge in [0.05, 0.1) is 11.7 Å². The maximum atomic E-state index is 4.40. The summed E-state index contributed by atoms with van der Waals surface area (Å²) in [5.41, 5.74) is 1.15. The van der Waals surface area contributed by atoms with Gasteiger partial charge >= 0.3 is 0 Å². The Labute approximate surface area is 91.3 Å². The van der Waals surface area contributed by atoms with Crippen molar-refractivity contribution in [2.24, 2.45) is 0 Å². The first kappa shape index (κ1) is 10.6. The van der Waals surface area contributed by atoms with Gasteiger partial charge in [-0.15, -0.1) is 0 Å².